The van der Waals surface area contributed by atoms with Gasteiger partial charge in [-0.3, -0.25) is 0 Å². The fraction of sp³-hybridized carbons (Fsp3) is 0.571. The van der Waals surface area contributed by atoms with Crippen LogP contribution in [-0.4, -0.2) is 43.0 Å². The summed E-state index contributed by atoms with van der Waals surface area (Å²) >= 11 is 2.00. The zero-order chi connectivity index (χ0) is 13.5. The van der Waals surface area contributed by atoms with Crippen molar-refractivity contribution >= 4 is 17.4 Å². The monoisotopic (exact) mass is 283 g/mol. The van der Waals surface area contributed by atoms with Crippen molar-refractivity contribution in [1.29, 1.82) is 0 Å². The molecule has 1 unspecified atom stereocenters. The second-order valence-electron chi connectivity index (χ2n) is 4.50. The average molecular weight is 283 g/mol. The Balaban J connectivity index is 2.03. The van der Waals surface area contributed by atoms with Crippen molar-refractivity contribution in [3.8, 4) is 11.5 Å². The van der Waals surface area contributed by atoms with Gasteiger partial charge < -0.3 is 19.9 Å². The smallest absolute Gasteiger partial charge is 0.163 e. The van der Waals surface area contributed by atoms with Crippen LogP contribution < -0.4 is 14.8 Å². The number of aliphatic hydroxyl groups is 1. The molecule has 0 amide bonds. The molecule has 1 saturated heterocycles. The van der Waals surface area contributed by atoms with Crippen LogP contribution in [0.4, 0.5) is 5.69 Å². The minimum Gasteiger partial charge on any atom is -0.493 e. The van der Waals surface area contributed by atoms with Crippen LogP contribution in [0.3, 0.4) is 0 Å². The summed E-state index contributed by atoms with van der Waals surface area (Å²) in [5, 5.41) is 12.4. The van der Waals surface area contributed by atoms with Crippen LogP contribution in [0.2, 0.25) is 0 Å². The number of hydrogen-bond donors (Lipinski definition) is 2. The van der Waals surface area contributed by atoms with Crippen molar-refractivity contribution in [2.24, 2.45) is 0 Å². The molecule has 2 N–H and O–H groups in total. The molecule has 19 heavy (non-hydrogen) atoms. The third-order valence-electron chi connectivity index (χ3n) is 3.04. The molecule has 1 aliphatic rings. The van der Waals surface area contributed by atoms with Gasteiger partial charge in [-0.25, -0.2) is 0 Å². The molecule has 4 nitrogen and oxygen atoms in total. The molecule has 0 bridgehead atoms. The molecule has 0 saturated carbocycles. The van der Waals surface area contributed by atoms with Gasteiger partial charge in [-0.15, -0.1) is 0 Å². The van der Waals surface area contributed by atoms with Gasteiger partial charge in [0.1, 0.15) is 6.61 Å². The van der Waals surface area contributed by atoms with Gasteiger partial charge in [-0.05, 0) is 30.7 Å². The zero-order valence-corrected chi connectivity index (χ0v) is 12.0. The first kappa shape index (κ1) is 14.3. The first-order valence-electron chi connectivity index (χ1n) is 6.59. The molecule has 1 aliphatic heterocycles. The maximum Gasteiger partial charge on any atom is 0.163 e. The number of rotatable bonds is 6. The van der Waals surface area contributed by atoms with Crippen LogP contribution >= 0.6 is 11.8 Å². The van der Waals surface area contributed by atoms with Crippen molar-refractivity contribution in [3.05, 3.63) is 18.2 Å². The van der Waals surface area contributed by atoms with E-state index >= 15 is 0 Å². The summed E-state index contributed by atoms with van der Waals surface area (Å²) in [4.78, 5) is 0. The third kappa shape index (κ3) is 4.21. The van der Waals surface area contributed by atoms with Gasteiger partial charge in [0.25, 0.3) is 0 Å². The Kier molecular flexibility index (Phi) is 5.66. The highest BCUT2D eigenvalue weighted by Crippen LogP contribution is 2.31. The Morgan fingerprint density at radius 3 is 3.00 bits per heavy atom. The molecule has 1 aromatic carbocycles. The largest absolute Gasteiger partial charge is 0.493 e. The highest BCUT2D eigenvalue weighted by atomic mass is 32.2. The summed E-state index contributed by atoms with van der Waals surface area (Å²) in [6.45, 7) is 0.277. The molecule has 1 fully saturated rings. The molecule has 0 spiro atoms. The van der Waals surface area contributed by atoms with E-state index in [-0.39, 0.29) is 13.2 Å². The topological polar surface area (TPSA) is 50.7 Å². The lowest BCUT2D eigenvalue weighted by molar-refractivity contribution is 0.196. The maximum atomic E-state index is 8.84. The molecule has 1 heterocycles. The molecule has 5 heteroatoms. The summed E-state index contributed by atoms with van der Waals surface area (Å²) in [5.74, 6) is 3.78. The fourth-order valence-corrected chi connectivity index (χ4v) is 3.20. The summed E-state index contributed by atoms with van der Waals surface area (Å²) in [5.41, 5.74) is 1.04. The lowest BCUT2D eigenvalue weighted by Crippen LogP contribution is -2.25. The van der Waals surface area contributed by atoms with Gasteiger partial charge in [-0.2, -0.15) is 11.8 Å². The lowest BCUT2D eigenvalue weighted by Gasteiger charge is -2.24. The second kappa shape index (κ2) is 7.50. The van der Waals surface area contributed by atoms with E-state index in [0.29, 0.717) is 17.5 Å². The van der Waals surface area contributed by atoms with Crippen LogP contribution in [-0.2, 0) is 0 Å². The first-order valence-corrected chi connectivity index (χ1v) is 7.75. The Labute approximate surface area is 118 Å². The molecule has 1 aromatic rings. The predicted molar refractivity (Wildman–Crippen MR) is 79.5 cm³/mol. The normalized spacial score (nSPS) is 18.9. The van der Waals surface area contributed by atoms with E-state index < -0.39 is 0 Å². The molecule has 0 aliphatic carbocycles. The Bertz CT molecular complexity index is 394. The number of aliphatic hydroxyl groups excluding tert-OH is 1. The van der Waals surface area contributed by atoms with Crippen molar-refractivity contribution in [2.75, 3.05) is 37.1 Å². The van der Waals surface area contributed by atoms with E-state index in [9.17, 15) is 0 Å². The standard InChI is InChI=1S/C14H21NO3S/c1-17-13-5-4-11(9-14(13)18-7-6-16)15-12-3-2-8-19-10-12/h4-5,9,12,15-16H,2-3,6-8,10H2,1H3. The zero-order valence-electron chi connectivity index (χ0n) is 11.2. The second-order valence-corrected chi connectivity index (χ2v) is 5.65. The molecule has 0 aromatic heterocycles. The van der Waals surface area contributed by atoms with Gasteiger partial charge in [0, 0.05) is 23.5 Å². The van der Waals surface area contributed by atoms with Gasteiger partial charge in [0.15, 0.2) is 11.5 Å². The van der Waals surface area contributed by atoms with Gasteiger partial charge in [0.05, 0.1) is 13.7 Å². The highest BCUT2D eigenvalue weighted by molar-refractivity contribution is 7.99. The minimum absolute atomic E-state index is 0.0000749. The SMILES string of the molecule is COc1ccc(NC2CCCSC2)cc1OCCO. The average Bonchev–Trinajstić information content (AvgIpc) is 2.46. The Morgan fingerprint density at radius 1 is 1.42 bits per heavy atom. The number of hydrogen-bond acceptors (Lipinski definition) is 5. The van der Waals surface area contributed by atoms with Crippen molar-refractivity contribution in [1.82, 2.24) is 0 Å². The number of methoxy groups -OCH3 is 1. The third-order valence-corrected chi connectivity index (χ3v) is 4.26. The van der Waals surface area contributed by atoms with Crippen LogP contribution in [0, 0.1) is 0 Å². The Hall–Kier alpha value is -1.07. The summed E-state index contributed by atoms with van der Waals surface area (Å²) in [6, 6.07) is 6.36. The van der Waals surface area contributed by atoms with E-state index in [1.807, 2.05) is 30.0 Å². The minimum atomic E-state index is 0.0000749. The van der Waals surface area contributed by atoms with E-state index in [0.717, 1.165) is 11.4 Å². The summed E-state index contributed by atoms with van der Waals surface area (Å²) in [6.07, 6.45) is 2.48. The van der Waals surface area contributed by atoms with Crippen molar-refractivity contribution < 1.29 is 14.6 Å². The van der Waals surface area contributed by atoms with E-state index in [2.05, 4.69) is 5.32 Å². The number of nitrogens with one attached hydrogen (secondary N) is 1. The van der Waals surface area contributed by atoms with Gasteiger partial charge in [0.2, 0.25) is 0 Å². The van der Waals surface area contributed by atoms with E-state index in [4.69, 9.17) is 14.6 Å². The number of benzene rings is 1. The molecule has 2 rings (SSSR count). The van der Waals surface area contributed by atoms with Gasteiger partial charge in [-0.1, -0.05) is 0 Å². The van der Waals surface area contributed by atoms with Crippen LogP contribution in [0.25, 0.3) is 0 Å². The number of thioether (sulfide) groups is 1. The molecule has 106 valence electrons. The van der Waals surface area contributed by atoms with Crippen LogP contribution in [0.5, 0.6) is 11.5 Å². The molecule has 0 radical (unpaired) electrons. The van der Waals surface area contributed by atoms with E-state index in [1.165, 1.54) is 18.6 Å². The molecular formula is C14H21NO3S. The van der Waals surface area contributed by atoms with Gasteiger partial charge >= 0.3 is 0 Å². The summed E-state index contributed by atoms with van der Waals surface area (Å²) in [7, 11) is 1.62. The quantitative estimate of drug-likeness (QED) is 0.839. The molecule has 1 atom stereocenters. The first-order chi connectivity index (χ1) is 9.33. The van der Waals surface area contributed by atoms with Crippen LogP contribution in [0.1, 0.15) is 12.8 Å². The van der Waals surface area contributed by atoms with Crippen molar-refractivity contribution in [3.63, 3.8) is 0 Å². The van der Waals surface area contributed by atoms with Crippen LogP contribution in [0.15, 0.2) is 18.2 Å². The summed E-state index contributed by atoms with van der Waals surface area (Å²) < 4.78 is 10.7. The fourth-order valence-electron chi connectivity index (χ4n) is 2.13. The van der Waals surface area contributed by atoms with Crippen molar-refractivity contribution in [2.45, 2.75) is 18.9 Å². The number of anilines is 1. The highest BCUT2D eigenvalue weighted by Gasteiger charge is 2.14. The molecular weight excluding hydrogens is 262 g/mol. The van der Waals surface area contributed by atoms with E-state index in [1.54, 1.807) is 7.11 Å². The predicted octanol–water partition coefficient (Wildman–Crippen LogP) is 2.37. The maximum absolute atomic E-state index is 8.84. The number of ether oxygens (including phenoxy) is 2. The lowest BCUT2D eigenvalue weighted by atomic mass is 10.1. The Morgan fingerprint density at radius 2 is 2.32 bits per heavy atom.